The van der Waals surface area contributed by atoms with Crippen molar-refractivity contribution in [2.75, 3.05) is 13.2 Å². The van der Waals surface area contributed by atoms with Crippen molar-refractivity contribution in [2.45, 2.75) is 33.2 Å². The molecule has 0 fully saturated rings. The van der Waals surface area contributed by atoms with Crippen LogP contribution < -0.4 is 10.1 Å². The highest BCUT2D eigenvalue weighted by molar-refractivity contribution is 5.30. The first-order valence-electron chi connectivity index (χ1n) is 6.24. The SMILES string of the molecule is CC#CCCOc1ccc(C(C)NCC)cc1F. The van der Waals surface area contributed by atoms with Crippen LogP contribution in [-0.2, 0) is 0 Å². The molecule has 0 saturated heterocycles. The van der Waals surface area contributed by atoms with Gasteiger partial charge in [0.1, 0.15) is 0 Å². The van der Waals surface area contributed by atoms with Crippen molar-refractivity contribution in [3.8, 4) is 17.6 Å². The molecule has 0 aliphatic carbocycles. The monoisotopic (exact) mass is 249 g/mol. The summed E-state index contributed by atoms with van der Waals surface area (Å²) in [5, 5.41) is 3.24. The van der Waals surface area contributed by atoms with Crippen LogP contribution in [0.15, 0.2) is 18.2 Å². The molecule has 1 atom stereocenters. The average molecular weight is 249 g/mol. The molecule has 3 heteroatoms. The lowest BCUT2D eigenvalue weighted by atomic mass is 10.1. The van der Waals surface area contributed by atoms with Crippen LogP contribution in [0.25, 0.3) is 0 Å². The number of halogens is 1. The van der Waals surface area contributed by atoms with Crippen molar-refractivity contribution in [3.63, 3.8) is 0 Å². The molecular formula is C15H20FNO. The van der Waals surface area contributed by atoms with Crippen molar-refractivity contribution >= 4 is 0 Å². The van der Waals surface area contributed by atoms with E-state index in [9.17, 15) is 4.39 Å². The van der Waals surface area contributed by atoms with Gasteiger partial charge in [-0.15, -0.1) is 11.8 Å². The maximum atomic E-state index is 13.8. The van der Waals surface area contributed by atoms with Gasteiger partial charge in [0, 0.05) is 12.5 Å². The van der Waals surface area contributed by atoms with Gasteiger partial charge in [0.2, 0.25) is 0 Å². The molecule has 1 rings (SSSR count). The summed E-state index contributed by atoms with van der Waals surface area (Å²) in [7, 11) is 0. The van der Waals surface area contributed by atoms with Crippen molar-refractivity contribution in [1.29, 1.82) is 0 Å². The Hall–Kier alpha value is -1.53. The average Bonchev–Trinajstić information content (AvgIpc) is 2.36. The van der Waals surface area contributed by atoms with E-state index >= 15 is 0 Å². The number of ether oxygens (including phenoxy) is 1. The van der Waals surface area contributed by atoms with Crippen LogP contribution in [-0.4, -0.2) is 13.2 Å². The summed E-state index contributed by atoms with van der Waals surface area (Å²) in [6.45, 7) is 7.09. The molecule has 98 valence electrons. The maximum absolute atomic E-state index is 13.8. The van der Waals surface area contributed by atoms with E-state index in [4.69, 9.17) is 4.74 Å². The van der Waals surface area contributed by atoms with Gasteiger partial charge in [0.15, 0.2) is 11.6 Å². The summed E-state index contributed by atoms with van der Waals surface area (Å²) in [5.41, 5.74) is 0.926. The van der Waals surface area contributed by atoms with E-state index in [0.29, 0.717) is 18.8 Å². The number of rotatable bonds is 6. The molecule has 0 radical (unpaired) electrons. The van der Waals surface area contributed by atoms with Crippen molar-refractivity contribution < 1.29 is 9.13 Å². The second-order valence-electron chi connectivity index (χ2n) is 3.99. The first-order chi connectivity index (χ1) is 8.69. The van der Waals surface area contributed by atoms with Gasteiger partial charge in [-0.1, -0.05) is 13.0 Å². The molecule has 2 nitrogen and oxygen atoms in total. The molecule has 0 heterocycles. The zero-order valence-corrected chi connectivity index (χ0v) is 11.2. The summed E-state index contributed by atoms with van der Waals surface area (Å²) in [5.74, 6) is 5.63. The number of hydrogen-bond donors (Lipinski definition) is 1. The lowest BCUT2D eigenvalue weighted by Crippen LogP contribution is -2.17. The summed E-state index contributed by atoms with van der Waals surface area (Å²) in [6, 6.07) is 5.23. The third-order valence-corrected chi connectivity index (χ3v) is 2.63. The molecule has 0 spiro atoms. The Morgan fingerprint density at radius 2 is 2.22 bits per heavy atom. The van der Waals surface area contributed by atoms with Gasteiger partial charge in [-0.3, -0.25) is 0 Å². The van der Waals surface area contributed by atoms with Crippen LogP contribution in [0.3, 0.4) is 0 Å². The normalized spacial score (nSPS) is 11.6. The Bertz CT molecular complexity index is 434. The lowest BCUT2D eigenvalue weighted by molar-refractivity contribution is 0.309. The minimum absolute atomic E-state index is 0.143. The third kappa shape index (κ3) is 4.38. The van der Waals surface area contributed by atoms with Gasteiger partial charge in [-0.05, 0) is 38.1 Å². The molecule has 1 N–H and O–H groups in total. The number of nitrogens with one attached hydrogen (secondary N) is 1. The third-order valence-electron chi connectivity index (χ3n) is 2.63. The van der Waals surface area contributed by atoms with E-state index in [2.05, 4.69) is 17.2 Å². The Kier molecular flexibility index (Phi) is 6.24. The molecule has 0 amide bonds. The molecule has 0 aliphatic heterocycles. The summed E-state index contributed by atoms with van der Waals surface area (Å²) >= 11 is 0. The second kappa shape index (κ2) is 7.73. The highest BCUT2D eigenvalue weighted by Crippen LogP contribution is 2.22. The van der Waals surface area contributed by atoms with Crippen LogP contribution in [0.4, 0.5) is 4.39 Å². The minimum atomic E-state index is -0.318. The second-order valence-corrected chi connectivity index (χ2v) is 3.99. The number of benzene rings is 1. The predicted molar refractivity (Wildman–Crippen MR) is 72.1 cm³/mol. The quantitative estimate of drug-likeness (QED) is 0.617. The van der Waals surface area contributed by atoms with Gasteiger partial charge in [0.25, 0.3) is 0 Å². The highest BCUT2D eigenvalue weighted by Gasteiger charge is 2.08. The lowest BCUT2D eigenvalue weighted by Gasteiger charge is -2.14. The Labute approximate surface area is 109 Å². The molecular weight excluding hydrogens is 229 g/mol. The predicted octanol–water partition coefficient (Wildman–Crippen LogP) is 3.29. The fourth-order valence-corrected chi connectivity index (χ4v) is 1.66. The van der Waals surface area contributed by atoms with Crippen LogP contribution in [0, 0.1) is 17.7 Å². The summed E-state index contributed by atoms with van der Waals surface area (Å²) < 4.78 is 19.1. The van der Waals surface area contributed by atoms with E-state index in [1.807, 2.05) is 19.9 Å². The standard InChI is InChI=1S/C15H20FNO/c1-4-6-7-10-18-15-9-8-13(11-14(15)16)12(3)17-5-2/h8-9,11-12,17H,5,7,10H2,1-3H3. The van der Waals surface area contributed by atoms with Crippen molar-refractivity contribution in [3.05, 3.63) is 29.6 Å². The summed E-state index contributed by atoms with van der Waals surface area (Å²) in [4.78, 5) is 0. The smallest absolute Gasteiger partial charge is 0.165 e. The topological polar surface area (TPSA) is 21.3 Å². The fourth-order valence-electron chi connectivity index (χ4n) is 1.66. The first-order valence-corrected chi connectivity index (χ1v) is 6.24. The molecule has 0 bridgehead atoms. The van der Waals surface area contributed by atoms with E-state index in [-0.39, 0.29) is 11.9 Å². The van der Waals surface area contributed by atoms with Gasteiger partial charge < -0.3 is 10.1 Å². The van der Waals surface area contributed by atoms with Crippen molar-refractivity contribution in [2.24, 2.45) is 0 Å². The van der Waals surface area contributed by atoms with E-state index in [1.54, 1.807) is 13.0 Å². The Balaban J connectivity index is 2.63. The zero-order valence-electron chi connectivity index (χ0n) is 11.2. The van der Waals surface area contributed by atoms with E-state index in [1.165, 1.54) is 6.07 Å². The van der Waals surface area contributed by atoms with Gasteiger partial charge in [-0.2, -0.15) is 0 Å². The summed E-state index contributed by atoms with van der Waals surface area (Å²) in [6.07, 6.45) is 0.617. The van der Waals surface area contributed by atoms with Crippen LogP contribution in [0.1, 0.15) is 38.8 Å². The molecule has 1 aromatic rings. The molecule has 18 heavy (non-hydrogen) atoms. The molecule has 1 aromatic carbocycles. The van der Waals surface area contributed by atoms with Crippen LogP contribution in [0.2, 0.25) is 0 Å². The van der Waals surface area contributed by atoms with Crippen molar-refractivity contribution in [1.82, 2.24) is 5.32 Å². The van der Waals surface area contributed by atoms with Crippen LogP contribution in [0.5, 0.6) is 5.75 Å². The van der Waals surface area contributed by atoms with E-state index < -0.39 is 0 Å². The first kappa shape index (κ1) is 14.5. The van der Waals surface area contributed by atoms with Crippen LogP contribution >= 0.6 is 0 Å². The zero-order chi connectivity index (χ0) is 13.4. The fraction of sp³-hybridized carbons (Fsp3) is 0.467. The van der Waals surface area contributed by atoms with Gasteiger partial charge in [0.05, 0.1) is 6.61 Å². The minimum Gasteiger partial charge on any atom is -0.490 e. The molecule has 1 unspecified atom stereocenters. The van der Waals surface area contributed by atoms with Gasteiger partial charge in [-0.25, -0.2) is 4.39 Å². The Morgan fingerprint density at radius 3 is 2.83 bits per heavy atom. The van der Waals surface area contributed by atoms with Gasteiger partial charge >= 0.3 is 0 Å². The highest BCUT2D eigenvalue weighted by atomic mass is 19.1. The maximum Gasteiger partial charge on any atom is 0.165 e. The largest absolute Gasteiger partial charge is 0.490 e. The Morgan fingerprint density at radius 1 is 1.44 bits per heavy atom. The number of hydrogen-bond acceptors (Lipinski definition) is 2. The molecule has 0 saturated carbocycles. The van der Waals surface area contributed by atoms with E-state index in [0.717, 1.165) is 12.1 Å². The molecule has 0 aliphatic rings. The molecule has 0 aromatic heterocycles.